The van der Waals surface area contributed by atoms with Gasteiger partial charge in [0.05, 0.1) is 0 Å². The number of halogens is 2. The first-order chi connectivity index (χ1) is 8.17. The van der Waals surface area contributed by atoms with Crippen LogP contribution in [-0.2, 0) is 6.42 Å². The van der Waals surface area contributed by atoms with Gasteiger partial charge in [-0.05, 0) is 43.9 Å². The second-order valence-corrected chi connectivity index (χ2v) is 5.52. The van der Waals surface area contributed by atoms with Crippen molar-refractivity contribution in [2.24, 2.45) is 5.41 Å². The monoisotopic (exact) mass is 255 g/mol. The molecular formula is C14H19ClFN. The van der Waals surface area contributed by atoms with Crippen molar-refractivity contribution in [1.29, 1.82) is 0 Å². The van der Waals surface area contributed by atoms with E-state index in [0.717, 1.165) is 13.0 Å². The average molecular weight is 256 g/mol. The van der Waals surface area contributed by atoms with Crippen LogP contribution in [0, 0.1) is 11.2 Å². The van der Waals surface area contributed by atoms with Gasteiger partial charge >= 0.3 is 0 Å². The van der Waals surface area contributed by atoms with Crippen LogP contribution in [0.25, 0.3) is 0 Å². The van der Waals surface area contributed by atoms with E-state index in [4.69, 9.17) is 11.6 Å². The Morgan fingerprint density at radius 2 is 2.06 bits per heavy atom. The van der Waals surface area contributed by atoms with Crippen LogP contribution in [0.3, 0.4) is 0 Å². The Morgan fingerprint density at radius 3 is 2.65 bits per heavy atom. The molecule has 1 nitrogen and oxygen atoms in total. The fraction of sp³-hybridized carbons (Fsp3) is 0.571. The smallest absolute Gasteiger partial charge is 0.127 e. The number of rotatable bonds is 4. The fourth-order valence-corrected chi connectivity index (χ4v) is 3.22. The standard InChI is InChI=1S/C14H19ClFN/c1-17-10-14(7-2-3-8-14)9-11-12(15)5-4-6-13(11)16/h4-6,17H,2-3,7-10H2,1H3. The van der Waals surface area contributed by atoms with Gasteiger partial charge in [-0.2, -0.15) is 0 Å². The van der Waals surface area contributed by atoms with Crippen molar-refractivity contribution in [1.82, 2.24) is 5.32 Å². The highest BCUT2D eigenvalue weighted by Crippen LogP contribution is 2.41. The first-order valence-electron chi connectivity index (χ1n) is 6.24. The lowest BCUT2D eigenvalue weighted by Gasteiger charge is -2.29. The zero-order valence-electron chi connectivity index (χ0n) is 10.2. The molecule has 94 valence electrons. The lowest BCUT2D eigenvalue weighted by atomic mass is 9.80. The van der Waals surface area contributed by atoms with E-state index in [1.165, 1.54) is 31.7 Å². The highest BCUT2D eigenvalue weighted by molar-refractivity contribution is 6.31. The summed E-state index contributed by atoms with van der Waals surface area (Å²) in [6.45, 7) is 0.942. The second-order valence-electron chi connectivity index (χ2n) is 5.11. The maximum Gasteiger partial charge on any atom is 0.127 e. The van der Waals surface area contributed by atoms with Crippen molar-refractivity contribution in [2.75, 3.05) is 13.6 Å². The molecule has 1 aliphatic carbocycles. The molecular weight excluding hydrogens is 237 g/mol. The molecule has 0 spiro atoms. The van der Waals surface area contributed by atoms with Crippen molar-refractivity contribution in [3.05, 3.63) is 34.6 Å². The minimum atomic E-state index is -0.167. The fourth-order valence-electron chi connectivity index (χ4n) is 2.99. The molecule has 0 aliphatic heterocycles. The minimum Gasteiger partial charge on any atom is -0.319 e. The van der Waals surface area contributed by atoms with Gasteiger partial charge in [0.25, 0.3) is 0 Å². The normalized spacial score (nSPS) is 18.5. The zero-order valence-corrected chi connectivity index (χ0v) is 11.0. The summed E-state index contributed by atoms with van der Waals surface area (Å²) < 4.78 is 13.8. The van der Waals surface area contributed by atoms with Crippen LogP contribution >= 0.6 is 11.6 Å². The van der Waals surface area contributed by atoms with Crippen LogP contribution in [0.5, 0.6) is 0 Å². The molecule has 0 bridgehead atoms. The maximum atomic E-state index is 13.8. The largest absolute Gasteiger partial charge is 0.319 e. The van der Waals surface area contributed by atoms with E-state index in [-0.39, 0.29) is 11.2 Å². The highest BCUT2D eigenvalue weighted by Gasteiger charge is 2.34. The number of hydrogen-bond donors (Lipinski definition) is 1. The Kier molecular flexibility index (Phi) is 4.05. The molecule has 1 aromatic carbocycles. The molecule has 0 amide bonds. The third-order valence-corrected chi connectivity index (χ3v) is 4.18. The Bertz CT molecular complexity index is 366. The van der Waals surface area contributed by atoms with Gasteiger partial charge in [-0.1, -0.05) is 30.5 Å². The quantitative estimate of drug-likeness (QED) is 0.863. The summed E-state index contributed by atoms with van der Waals surface area (Å²) in [5.41, 5.74) is 0.881. The van der Waals surface area contributed by atoms with Crippen molar-refractivity contribution in [3.63, 3.8) is 0 Å². The molecule has 1 saturated carbocycles. The van der Waals surface area contributed by atoms with E-state index in [1.54, 1.807) is 12.1 Å². The molecule has 0 saturated heterocycles. The second kappa shape index (κ2) is 5.36. The SMILES string of the molecule is CNCC1(Cc2c(F)cccc2Cl)CCCC1. The Morgan fingerprint density at radius 1 is 1.35 bits per heavy atom. The third-order valence-electron chi connectivity index (χ3n) is 3.83. The lowest BCUT2D eigenvalue weighted by Crippen LogP contribution is -2.32. The molecule has 0 heterocycles. The minimum absolute atomic E-state index is 0.167. The van der Waals surface area contributed by atoms with E-state index in [2.05, 4.69) is 5.32 Å². The van der Waals surface area contributed by atoms with E-state index >= 15 is 0 Å². The van der Waals surface area contributed by atoms with Crippen LogP contribution in [-0.4, -0.2) is 13.6 Å². The molecule has 1 N–H and O–H groups in total. The molecule has 1 fully saturated rings. The van der Waals surface area contributed by atoms with Crippen molar-refractivity contribution in [3.8, 4) is 0 Å². The highest BCUT2D eigenvalue weighted by atomic mass is 35.5. The van der Waals surface area contributed by atoms with Gasteiger partial charge in [-0.3, -0.25) is 0 Å². The molecule has 1 aromatic rings. The van der Waals surface area contributed by atoms with E-state index in [9.17, 15) is 4.39 Å². The molecule has 17 heavy (non-hydrogen) atoms. The van der Waals surface area contributed by atoms with Crippen LogP contribution in [0.4, 0.5) is 4.39 Å². The third kappa shape index (κ3) is 2.80. The Balaban J connectivity index is 2.23. The summed E-state index contributed by atoms with van der Waals surface area (Å²) >= 11 is 6.11. The Hall–Kier alpha value is -0.600. The van der Waals surface area contributed by atoms with Gasteiger partial charge in [0.1, 0.15) is 5.82 Å². The van der Waals surface area contributed by atoms with Crippen molar-refractivity contribution < 1.29 is 4.39 Å². The number of hydrogen-bond acceptors (Lipinski definition) is 1. The Labute approximate surface area is 107 Å². The lowest BCUT2D eigenvalue weighted by molar-refractivity contribution is 0.282. The van der Waals surface area contributed by atoms with Gasteiger partial charge in [0, 0.05) is 17.1 Å². The summed E-state index contributed by atoms with van der Waals surface area (Å²) in [6, 6.07) is 4.95. The predicted molar refractivity (Wildman–Crippen MR) is 69.9 cm³/mol. The van der Waals surface area contributed by atoms with Gasteiger partial charge < -0.3 is 5.32 Å². The topological polar surface area (TPSA) is 12.0 Å². The van der Waals surface area contributed by atoms with Crippen LogP contribution in [0.1, 0.15) is 31.2 Å². The molecule has 3 heteroatoms. The van der Waals surface area contributed by atoms with E-state index in [1.807, 2.05) is 7.05 Å². The van der Waals surface area contributed by atoms with E-state index < -0.39 is 0 Å². The summed E-state index contributed by atoms with van der Waals surface area (Å²) in [5.74, 6) is -0.167. The summed E-state index contributed by atoms with van der Waals surface area (Å²) in [6.07, 6.45) is 5.57. The van der Waals surface area contributed by atoms with Crippen LogP contribution in [0.15, 0.2) is 18.2 Å². The first-order valence-corrected chi connectivity index (χ1v) is 6.62. The van der Waals surface area contributed by atoms with Gasteiger partial charge in [-0.15, -0.1) is 0 Å². The summed E-state index contributed by atoms with van der Waals surface area (Å²) in [4.78, 5) is 0. The van der Waals surface area contributed by atoms with Crippen LogP contribution in [0.2, 0.25) is 5.02 Å². The molecule has 1 aliphatic rings. The van der Waals surface area contributed by atoms with Gasteiger partial charge in [0.15, 0.2) is 0 Å². The van der Waals surface area contributed by atoms with Crippen LogP contribution < -0.4 is 5.32 Å². The summed E-state index contributed by atoms with van der Waals surface area (Å²) in [7, 11) is 1.96. The number of benzene rings is 1. The average Bonchev–Trinajstić information content (AvgIpc) is 2.73. The molecule has 0 radical (unpaired) electrons. The predicted octanol–water partition coefficient (Wildman–Crippen LogP) is 3.80. The molecule has 0 atom stereocenters. The van der Waals surface area contributed by atoms with Gasteiger partial charge in [0.2, 0.25) is 0 Å². The van der Waals surface area contributed by atoms with Crippen molar-refractivity contribution in [2.45, 2.75) is 32.1 Å². The zero-order chi connectivity index (χ0) is 12.3. The van der Waals surface area contributed by atoms with Crippen molar-refractivity contribution >= 4 is 11.6 Å². The molecule has 2 rings (SSSR count). The number of nitrogens with one attached hydrogen (secondary N) is 1. The summed E-state index contributed by atoms with van der Waals surface area (Å²) in [5, 5.41) is 3.81. The first kappa shape index (κ1) is 12.8. The molecule has 0 aromatic heterocycles. The maximum absolute atomic E-state index is 13.8. The van der Waals surface area contributed by atoms with Gasteiger partial charge in [-0.25, -0.2) is 4.39 Å². The van der Waals surface area contributed by atoms with E-state index in [0.29, 0.717) is 10.6 Å². The molecule has 0 unspecified atom stereocenters.